The highest BCUT2D eigenvalue weighted by atomic mass is 16.3. The van der Waals surface area contributed by atoms with E-state index in [4.69, 9.17) is 4.42 Å². The van der Waals surface area contributed by atoms with Gasteiger partial charge < -0.3 is 18.9 Å². The number of aromatic nitrogens is 2. The van der Waals surface area contributed by atoms with E-state index in [2.05, 4.69) is 118 Å². The molecule has 0 radical (unpaired) electrons. The summed E-state index contributed by atoms with van der Waals surface area (Å²) >= 11 is 0. The van der Waals surface area contributed by atoms with E-state index < -0.39 is 0 Å². The van der Waals surface area contributed by atoms with Crippen LogP contribution in [0.4, 0.5) is 0 Å². The van der Waals surface area contributed by atoms with Crippen LogP contribution in [0.15, 0.2) is 144 Å². The van der Waals surface area contributed by atoms with Crippen LogP contribution in [0.2, 0.25) is 0 Å². The van der Waals surface area contributed by atoms with E-state index in [9.17, 15) is 10.5 Å². The zero-order chi connectivity index (χ0) is 34.5. The molecule has 242 valence electrons. The van der Waals surface area contributed by atoms with E-state index in [0.29, 0.717) is 11.1 Å². The molecule has 52 heavy (non-hydrogen) atoms. The van der Waals surface area contributed by atoms with Crippen LogP contribution in [0.1, 0.15) is 22.7 Å². The summed E-state index contributed by atoms with van der Waals surface area (Å²) in [7, 11) is 0. The van der Waals surface area contributed by atoms with Gasteiger partial charge in [-0.05, 0) is 48.0 Å². The van der Waals surface area contributed by atoms with Gasteiger partial charge in [-0.3, -0.25) is 0 Å². The zero-order valence-corrected chi connectivity index (χ0v) is 27.8. The van der Waals surface area contributed by atoms with Crippen molar-refractivity contribution < 1.29 is 4.42 Å². The number of hydrogen-bond donors (Lipinski definition) is 1. The van der Waals surface area contributed by atoms with Gasteiger partial charge in [-0.2, -0.15) is 10.5 Å². The molecule has 0 spiro atoms. The van der Waals surface area contributed by atoms with Crippen LogP contribution in [0, 0.1) is 22.7 Å². The second-order valence-electron chi connectivity index (χ2n) is 13.5. The van der Waals surface area contributed by atoms with Crippen molar-refractivity contribution >= 4 is 65.6 Å². The zero-order valence-electron chi connectivity index (χ0n) is 27.8. The number of benzene rings is 7. The largest absolute Gasteiger partial charge is 0.456 e. The lowest BCUT2D eigenvalue weighted by Crippen LogP contribution is -2.07. The van der Waals surface area contributed by atoms with Crippen LogP contribution >= 0.6 is 0 Å². The number of fused-ring (bicyclic) bond motifs is 10. The van der Waals surface area contributed by atoms with Crippen molar-refractivity contribution in [3.05, 3.63) is 156 Å². The van der Waals surface area contributed by atoms with Crippen LogP contribution in [0.3, 0.4) is 0 Å². The quantitative estimate of drug-likeness (QED) is 0.189. The van der Waals surface area contributed by atoms with Crippen LogP contribution in [-0.2, 0) is 0 Å². The first-order chi connectivity index (χ1) is 25.7. The highest BCUT2D eigenvalue weighted by Gasteiger charge is 2.31. The molecular weight excluding hydrogens is 639 g/mol. The highest BCUT2D eigenvalue weighted by molar-refractivity contribution is 6.27. The summed E-state index contributed by atoms with van der Waals surface area (Å²) in [6.07, 6.45) is 0. The fraction of sp³-hybridized carbons (Fsp3) is 0.0435. The average Bonchev–Trinajstić information content (AvgIpc) is 3.79. The summed E-state index contributed by atoms with van der Waals surface area (Å²) in [6.45, 7) is 0.818. The Morgan fingerprint density at radius 2 is 1.13 bits per heavy atom. The SMILES string of the molecule is N#Cc1cccc(-c2ccc(C3CN3)c(C#N)c2-n2c3ccccc3c3c4c(ccc32)oc2ccccc24)c1-n1c2ccccc2c2ccccc21. The van der Waals surface area contributed by atoms with E-state index in [0.717, 1.165) is 100 Å². The second kappa shape index (κ2) is 10.7. The fourth-order valence-electron chi connectivity index (χ4n) is 8.51. The maximum Gasteiger partial charge on any atom is 0.136 e. The van der Waals surface area contributed by atoms with Crippen molar-refractivity contribution in [2.45, 2.75) is 6.04 Å². The van der Waals surface area contributed by atoms with Crippen LogP contribution in [0.25, 0.3) is 88.1 Å². The molecule has 1 unspecified atom stereocenters. The topological polar surface area (TPSA) is 92.5 Å². The predicted molar refractivity (Wildman–Crippen MR) is 208 cm³/mol. The molecule has 1 aliphatic rings. The molecule has 6 heteroatoms. The molecule has 1 aliphatic heterocycles. The molecule has 11 rings (SSSR count). The van der Waals surface area contributed by atoms with Crippen molar-refractivity contribution in [1.82, 2.24) is 14.5 Å². The smallest absolute Gasteiger partial charge is 0.136 e. The number of para-hydroxylation sites is 5. The molecule has 10 aromatic rings. The Morgan fingerprint density at radius 3 is 1.83 bits per heavy atom. The van der Waals surface area contributed by atoms with Gasteiger partial charge in [0.15, 0.2) is 0 Å². The Labute approximate surface area is 297 Å². The van der Waals surface area contributed by atoms with Gasteiger partial charge in [-0.1, -0.05) is 97.1 Å². The Bertz CT molecular complexity index is 3180. The number of nitriles is 2. The number of furan rings is 1. The normalized spacial score (nSPS) is 14.2. The van der Waals surface area contributed by atoms with Gasteiger partial charge in [0.05, 0.1) is 44.6 Å². The van der Waals surface area contributed by atoms with E-state index >= 15 is 0 Å². The summed E-state index contributed by atoms with van der Waals surface area (Å²) in [6, 6.07) is 52.9. The van der Waals surface area contributed by atoms with Gasteiger partial charge >= 0.3 is 0 Å². The summed E-state index contributed by atoms with van der Waals surface area (Å²) in [5, 5.41) is 31.8. The van der Waals surface area contributed by atoms with Gasteiger partial charge in [0, 0.05) is 56.0 Å². The van der Waals surface area contributed by atoms with Crippen molar-refractivity contribution in [1.29, 1.82) is 10.5 Å². The molecule has 1 atom stereocenters. The standard InChI is InChI=1S/C46H27N5O/c47-24-27-10-9-15-31(45(27)50-37-16-5-1-11-29(37)30-12-2-6-17-38(30)50)32-21-20-28(36-26-49-36)35(25-48)46(32)51-39-18-7-3-13-33(39)43-40(51)22-23-42-44(43)34-14-4-8-19-41(34)52-42/h1-23,36,49H,26H2. The molecule has 1 fully saturated rings. The Kier molecular flexibility index (Phi) is 5.90. The third-order valence-electron chi connectivity index (χ3n) is 10.8. The maximum absolute atomic E-state index is 11.1. The maximum atomic E-state index is 11.1. The van der Waals surface area contributed by atoms with Crippen LogP contribution < -0.4 is 5.32 Å². The minimum atomic E-state index is 0.0994. The molecule has 0 saturated carbocycles. The van der Waals surface area contributed by atoms with E-state index in [1.165, 1.54) is 0 Å². The first kappa shape index (κ1) is 28.7. The second-order valence-corrected chi connectivity index (χ2v) is 13.5. The van der Waals surface area contributed by atoms with Gasteiger partial charge in [0.1, 0.15) is 23.3 Å². The Hall–Kier alpha value is -7.12. The van der Waals surface area contributed by atoms with E-state index in [1.807, 2.05) is 48.5 Å². The predicted octanol–water partition coefficient (Wildman–Crippen LogP) is 10.8. The lowest BCUT2D eigenvalue weighted by molar-refractivity contribution is 0.669. The average molecular weight is 666 g/mol. The molecule has 7 aromatic carbocycles. The fourth-order valence-corrected chi connectivity index (χ4v) is 8.51. The number of nitrogens with zero attached hydrogens (tertiary/aromatic N) is 4. The summed E-state index contributed by atoms with van der Waals surface area (Å²) in [5.41, 5.74) is 11.1. The van der Waals surface area contributed by atoms with Gasteiger partial charge in [0.2, 0.25) is 0 Å². The Balaban J connectivity index is 1.32. The molecule has 4 heterocycles. The van der Waals surface area contributed by atoms with Crippen molar-refractivity contribution in [2.24, 2.45) is 0 Å². The minimum absolute atomic E-state index is 0.0994. The van der Waals surface area contributed by atoms with Crippen LogP contribution in [-0.4, -0.2) is 15.7 Å². The minimum Gasteiger partial charge on any atom is -0.456 e. The lowest BCUT2D eigenvalue weighted by Gasteiger charge is -2.21. The molecule has 1 N–H and O–H groups in total. The molecule has 0 amide bonds. The molecule has 1 saturated heterocycles. The van der Waals surface area contributed by atoms with Crippen molar-refractivity contribution in [3.8, 4) is 34.6 Å². The highest BCUT2D eigenvalue weighted by Crippen LogP contribution is 2.46. The van der Waals surface area contributed by atoms with E-state index in [1.54, 1.807) is 0 Å². The van der Waals surface area contributed by atoms with Crippen LogP contribution in [0.5, 0.6) is 0 Å². The monoisotopic (exact) mass is 665 g/mol. The van der Waals surface area contributed by atoms with Crippen molar-refractivity contribution in [3.63, 3.8) is 0 Å². The first-order valence-electron chi connectivity index (χ1n) is 17.4. The molecular formula is C46H27N5O. The summed E-state index contributed by atoms with van der Waals surface area (Å²) < 4.78 is 10.9. The van der Waals surface area contributed by atoms with E-state index in [-0.39, 0.29) is 6.04 Å². The third kappa shape index (κ3) is 3.84. The van der Waals surface area contributed by atoms with Gasteiger partial charge in [0.25, 0.3) is 0 Å². The summed E-state index contributed by atoms with van der Waals surface area (Å²) in [4.78, 5) is 0. The molecule has 0 aliphatic carbocycles. The molecule has 3 aromatic heterocycles. The van der Waals surface area contributed by atoms with Gasteiger partial charge in [-0.25, -0.2) is 0 Å². The first-order valence-corrected chi connectivity index (χ1v) is 17.4. The Morgan fingerprint density at radius 1 is 0.519 bits per heavy atom. The summed E-state index contributed by atoms with van der Waals surface area (Å²) in [5.74, 6) is 0. The molecule has 6 nitrogen and oxygen atoms in total. The molecule has 0 bridgehead atoms. The number of nitrogens with one attached hydrogen (secondary N) is 1. The van der Waals surface area contributed by atoms with Gasteiger partial charge in [-0.15, -0.1) is 0 Å². The lowest BCUT2D eigenvalue weighted by atomic mass is 9.92. The van der Waals surface area contributed by atoms with Crippen molar-refractivity contribution in [2.75, 3.05) is 6.54 Å². The third-order valence-corrected chi connectivity index (χ3v) is 10.8. The number of hydrogen-bond acceptors (Lipinski definition) is 4. The number of rotatable bonds is 4.